The van der Waals surface area contributed by atoms with E-state index in [2.05, 4.69) is 0 Å². The molecule has 0 aromatic heterocycles. The average Bonchev–Trinajstić information content (AvgIpc) is 2.65. The molecule has 0 aliphatic heterocycles. The molecule has 0 heterocycles. The molecule has 90 valence electrons. The van der Waals surface area contributed by atoms with Gasteiger partial charge in [-0.25, -0.2) is 8.42 Å². The standard InChI is InChI=1S/C11H23NO2S/c1-3-9(2)8-15(13,14)11-6-4-5-10(11)7-12/h9-11H,3-8,12H2,1-2H3. The highest BCUT2D eigenvalue weighted by Crippen LogP contribution is 2.31. The molecular weight excluding hydrogens is 210 g/mol. The molecule has 3 nitrogen and oxygen atoms in total. The maximum atomic E-state index is 12.1. The van der Waals surface area contributed by atoms with Gasteiger partial charge in [-0.1, -0.05) is 26.7 Å². The van der Waals surface area contributed by atoms with Gasteiger partial charge in [-0.2, -0.15) is 0 Å². The van der Waals surface area contributed by atoms with Crippen molar-refractivity contribution in [3.63, 3.8) is 0 Å². The van der Waals surface area contributed by atoms with Gasteiger partial charge in [-0.3, -0.25) is 0 Å². The van der Waals surface area contributed by atoms with E-state index in [0.717, 1.165) is 25.7 Å². The number of nitrogens with two attached hydrogens (primary N) is 1. The highest BCUT2D eigenvalue weighted by molar-refractivity contribution is 7.92. The van der Waals surface area contributed by atoms with E-state index in [1.165, 1.54) is 0 Å². The Hall–Kier alpha value is -0.0900. The third-order valence-corrected chi connectivity index (χ3v) is 6.14. The number of hydrogen-bond donors (Lipinski definition) is 1. The molecule has 0 amide bonds. The van der Waals surface area contributed by atoms with Crippen molar-refractivity contribution in [3.8, 4) is 0 Å². The van der Waals surface area contributed by atoms with E-state index in [-0.39, 0.29) is 17.1 Å². The predicted octanol–water partition coefficient (Wildman–Crippen LogP) is 1.57. The van der Waals surface area contributed by atoms with Crippen LogP contribution in [0.2, 0.25) is 0 Å². The Kier molecular flexibility index (Phi) is 4.59. The Bertz CT molecular complexity index is 287. The fraction of sp³-hybridized carbons (Fsp3) is 1.00. The second kappa shape index (κ2) is 5.30. The molecule has 1 aliphatic carbocycles. The quantitative estimate of drug-likeness (QED) is 0.784. The van der Waals surface area contributed by atoms with E-state index in [1.54, 1.807) is 0 Å². The normalized spacial score (nSPS) is 29.3. The summed E-state index contributed by atoms with van der Waals surface area (Å²) in [6, 6.07) is 0. The summed E-state index contributed by atoms with van der Waals surface area (Å²) in [5, 5.41) is -0.156. The molecule has 1 saturated carbocycles. The summed E-state index contributed by atoms with van der Waals surface area (Å²) in [6.45, 7) is 4.56. The fourth-order valence-electron chi connectivity index (χ4n) is 2.38. The van der Waals surface area contributed by atoms with E-state index >= 15 is 0 Å². The largest absolute Gasteiger partial charge is 0.330 e. The molecule has 3 atom stereocenters. The highest BCUT2D eigenvalue weighted by atomic mass is 32.2. The SMILES string of the molecule is CCC(C)CS(=O)(=O)C1CCCC1CN. The lowest BCUT2D eigenvalue weighted by atomic mass is 10.1. The van der Waals surface area contributed by atoms with Crippen molar-refractivity contribution >= 4 is 9.84 Å². The Morgan fingerprint density at radius 1 is 1.40 bits per heavy atom. The first-order valence-electron chi connectivity index (χ1n) is 5.92. The summed E-state index contributed by atoms with van der Waals surface area (Å²) < 4.78 is 24.2. The molecule has 3 unspecified atom stereocenters. The van der Waals surface area contributed by atoms with Gasteiger partial charge in [0.05, 0.1) is 11.0 Å². The molecule has 0 saturated heterocycles. The van der Waals surface area contributed by atoms with Crippen LogP contribution in [-0.2, 0) is 9.84 Å². The maximum Gasteiger partial charge on any atom is 0.153 e. The minimum absolute atomic E-state index is 0.156. The highest BCUT2D eigenvalue weighted by Gasteiger charge is 2.36. The molecule has 0 aromatic rings. The second-order valence-corrected chi connectivity index (χ2v) is 7.07. The zero-order valence-corrected chi connectivity index (χ0v) is 10.6. The third kappa shape index (κ3) is 3.18. The molecule has 0 aromatic carbocycles. The fourth-order valence-corrected chi connectivity index (χ4v) is 5.02. The molecule has 0 spiro atoms. The van der Waals surface area contributed by atoms with Gasteiger partial charge in [0.1, 0.15) is 0 Å². The first kappa shape index (κ1) is 13.0. The Labute approximate surface area is 93.3 Å². The minimum Gasteiger partial charge on any atom is -0.330 e. The van der Waals surface area contributed by atoms with Crippen molar-refractivity contribution in [3.05, 3.63) is 0 Å². The van der Waals surface area contributed by atoms with Crippen molar-refractivity contribution in [2.75, 3.05) is 12.3 Å². The van der Waals surface area contributed by atoms with Crippen LogP contribution < -0.4 is 5.73 Å². The third-order valence-electron chi connectivity index (χ3n) is 3.57. The first-order chi connectivity index (χ1) is 7.01. The lowest BCUT2D eigenvalue weighted by molar-refractivity contribution is 0.511. The van der Waals surface area contributed by atoms with Gasteiger partial charge >= 0.3 is 0 Å². The van der Waals surface area contributed by atoms with Crippen molar-refractivity contribution in [2.45, 2.75) is 44.8 Å². The van der Waals surface area contributed by atoms with Crippen LogP contribution in [0.15, 0.2) is 0 Å². The van der Waals surface area contributed by atoms with Gasteiger partial charge in [0, 0.05) is 0 Å². The second-order valence-electron chi connectivity index (χ2n) is 4.81. The van der Waals surface area contributed by atoms with Crippen LogP contribution in [0, 0.1) is 11.8 Å². The monoisotopic (exact) mass is 233 g/mol. The van der Waals surface area contributed by atoms with Gasteiger partial charge in [0.15, 0.2) is 9.84 Å². The molecule has 0 bridgehead atoms. The average molecular weight is 233 g/mol. The van der Waals surface area contributed by atoms with Crippen LogP contribution in [0.4, 0.5) is 0 Å². The summed E-state index contributed by atoms with van der Waals surface area (Å²) >= 11 is 0. The van der Waals surface area contributed by atoms with E-state index in [1.807, 2.05) is 13.8 Å². The zero-order chi connectivity index (χ0) is 11.5. The molecule has 0 radical (unpaired) electrons. The van der Waals surface area contributed by atoms with Crippen LogP contribution in [-0.4, -0.2) is 26.0 Å². The van der Waals surface area contributed by atoms with Gasteiger partial charge in [0.2, 0.25) is 0 Å². The summed E-state index contributed by atoms with van der Waals surface area (Å²) in [5.41, 5.74) is 5.62. The molecular formula is C11H23NO2S. The van der Waals surface area contributed by atoms with Crippen molar-refractivity contribution in [1.82, 2.24) is 0 Å². The zero-order valence-electron chi connectivity index (χ0n) is 9.78. The predicted molar refractivity (Wildman–Crippen MR) is 63.4 cm³/mol. The van der Waals surface area contributed by atoms with Crippen molar-refractivity contribution in [1.29, 1.82) is 0 Å². The van der Waals surface area contributed by atoms with Crippen LogP contribution >= 0.6 is 0 Å². The van der Waals surface area contributed by atoms with Crippen LogP contribution in [0.1, 0.15) is 39.5 Å². The lowest BCUT2D eigenvalue weighted by Gasteiger charge is -2.20. The summed E-state index contributed by atoms with van der Waals surface area (Å²) in [6.07, 6.45) is 3.76. The number of hydrogen-bond acceptors (Lipinski definition) is 3. The molecule has 1 aliphatic rings. The smallest absolute Gasteiger partial charge is 0.153 e. The molecule has 2 N–H and O–H groups in total. The summed E-state index contributed by atoms with van der Waals surface area (Å²) in [7, 11) is -2.91. The number of sulfone groups is 1. The van der Waals surface area contributed by atoms with E-state index in [0.29, 0.717) is 12.3 Å². The van der Waals surface area contributed by atoms with Crippen molar-refractivity contribution in [2.24, 2.45) is 17.6 Å². The van der Waals surface area contributed by atoms with Gasteiger partial charge in [-0.15, -0.1) is 0 Å². The summed E-state index contributed by atoms with van der Waals surface area (Å²) in [5.74, 6) is 0.818. The summed E-state index contributed by atoms with van der Waals surface area (Å²) in [4.78, 5) is 0. The molecule has 4 heteroatoms. The molecule has 15 heavy (non-hydrogen) atoms. The van der Waals surface area contributed by atoms with E-state index in [4.69, 9.17) is 5.73 Å². The van der Waals surface area contributed by atoms with Gasteiger partial charge in [-0.05, 0) is 31.2 Å². The van der Waals surface area contributed by atoms with Crippen LogP contribution in [0.3, 0.4) is 0 Å². The molecule has 1 rings (SSSR count). The van der Waals surface area contributed by atoms with Crippen LogP contribution in [0.25, 0.3) is 0 Å². The Morgan fingerprint density at radius 3 is 2.60 bits per heavy atom. The Morgan fingerprint density at radius 2 is 2.07 bits per heavy atom. The van der Waals surface area contributed by atoms with E-state index < -0.39 is 9.84 Å². The first-order valence-corrected chi connectivity index (χ1v) is 7.64. The van der Waals surface area contributed by atoms with Gasteiger partial charge < -0.3 is 5.73 Å². The van der Waals surface area contributed by atoms with Crippen LogP contribution in [0.5, 0.6) is 0 Å². The van der Waals surface area contributed by atoms with Crippen molar-refractivity contribution < 1.29 is 8.42 Å². The number of rotatable bonds is 5. The Balaban J connectivity index is 2.68. The molecule has 1 fully saturated rings. The van der Waals surface area contributed by atoms with Gasteiger partial charge in [0.25, 0.3) is 0 Å². The maximum absolute atomic E-state index is 12.1. The minimum atomic E-state index is -2.91. The topological polar surface area (TPSA) is 60.2 Å². The lowest BCUT2D eigenvalue weighted by Crippen LogP contribution is -2.33. The van der Waals surface area contributed by atoms with E-state index in [9.17, 15) is 8.42 Å².